The third kappa shape index (κ3) is 2.41. The van der Waals surface area contributed by atoms with Gasteiger partial charge in [0.15, 0.2) is 0 Å². The van der Waals surface area contributed by atoms with Gasteiger partial charge in [0.1, 0.15) is 0 Å². The highest BCUT2D eigenvalue weighted by Crippen LogP contribution is 2.36. The van der Waals surface area contributed by atoms with Gasteiger partial charge in [-0.1, -0.05) is 35.9 Å². The average Bonchev–Trinajstić information content (AvgIpc) is 2.69. The summed E-state index contributed by atoms with van der Waals surface area (Å²) in [6.45, 7) is 0.929. The highest BCUT2D eigenvalue weighted by Gasteiger charge is 2.19. The Balaban J connectivity index is 2.12. The van der Waals surface area contributed by atoms with Gasteiger partial charge in [-0.2, -0.15) is 0 Å². The van der Waals surface area contributed by atoms with Crippen LogP contribution in [0.2, 0.25) is 5.02 Å². The zero-order valence-corrected chi connectivity index (χ0v) is 12.1. The summed E-state index contributed by atoms with van der Waals surface area (Å²) in [7, 11) is 0. The quantitative estimate of drug-likeness (QED) is 0.890. The maximum Gasteiger partial charge on any atom is 0.0716 e. The van der Waals surface area contributed by atoms with E-state index in [0.29, 0.717) is 5.02 Å². The molecule has 3 rings (SSSR count). The highest BCUT2D eigenvalue weighted by molar-refractivity contribution is 6.31. The second-order valence-electron chi connectivity index (χ2n) is 5.13. The Bertz CT molecular complexity index is 612. The van der Waals surface area contributed by atoms with E-state index in [1.54, 1.807) is 0 Å². The molecule has 0 aromatic heterocycles. The van der Waals surface area contributed by atoms with Crippen LogP contribution in [0.3, 0.4) is 0 Å². The van der Waals surface area contributed by atoms with Crippen molar-refractivity contribution in [1.29, 1.82) is 0 Å². The number of anilines is 2. The molecule has 0 aliphatic carbocycles. The van der Waals surface area contributed by atoms with E-state index in [4.69, 9.17) is 11.6 Å². The Kier molecular flexibility index (Phi) is 3.95. The van der Waals surface area contributed by atoms with Gasteiger partial charge in [-0.25, -0.2) is 0 Å². The van der Waals surface area contributed by atoms with Crippen molar-refractivity contribution in [1.82, 2.24) is 0 Å². The van der Waals surface area contributed by atoms with E-state index < -0.39 is 0 Å². The van der Waals surface area contributed by atoms with E-state index in [0.717, 1.165) is 30.6 Å². The number of benzene rings is 2. The zero-order chi connectivity index (χ0) is 13.9. The van der Waals surface area contributed by atoms with Crippen LogP contribution >= 0.6 is 11.6 Å². The van der Waals surface area contributed by atoms with Gasteiger partial charge in [-0.3, -0.25) is 0 Å². The second kappa shape index (κ2) is 5.86. The predicted octanol–water partition coefficient (Wildman–Crippen LogP) is 4.31. The van der Waals surface area contributed by atoms with Gasteiger partial charge in [0.05, 0.1) is 6.61 Å². The van der Waals surface area contributed by atoms with Crippen LogP contribution in [0.4, 0.5) is 11.4 Å². The SMILES string of the molecule is OCc1c(Cl)cccc1N1CCCCc2ccccc21. The number of rotatable bonds is 2. The molecule has 104 valence electrons. The molecule has 0 amide bonds. The first-order valence-electron chi connectivity index (χ1n) is 7.05. The number of halogens is 1. The van der Waals surface area contributed by atoms with Gasteiger partial charge in [0.2, 0.25) is 0 Å². The molecule has 1 aliphatic rings. The summed E-state index contributed by atoms with van der Waals surface area (Å²) < 4.78 is 0. The Hall–Kier alpha value is -1.51. The van der Waals surface area contributed by atoms with Crippen LogP contribution in [0.25, 0.3) is 0 Å². The van der Waals surface area contributed by atoms with Crippen molar-refractivity contribution < 1.29 is 5.11 Å². The molecule has 0 unspecified atom stereocenters. The fourth-order valence-electron chi connectivity index (χ4n) is 2.90. The number of aryl methyl sites for hydroxylation is 1. The summed E-state index contributed by atoms with van der Waals surface area (Å²) in [5.74, 6) is 0. The maximum atomic E-state index is 9.64. The summed E-state index contributed by atoms with van der Waals surface area (Å²) in [6.07, 6.45) is 3.45. The summed E-state index contributed by atoms with van der Waals surface area (Å²) in [5, 5.41) is 10.3. The van der Waals surface area contributed by atoms with Crippen LogP contribution in [-0.4, -0.2) is 11.7 Å². The van der Waals surface area contributed by atoms with Crippen LogP contribution in [0.15, 0.2) is 42.5 Å². The summed E-state index contributed by atoms with van der Waals surface area (Å²) >= 11 is 6.23. The summed E-state index contributed by atoms with van der Waals surface area (Å²) in [4.78, 5) is 2.29. The Morgan fingerprint density at radius 3 is 2.65 bits per heavy atom. The summed E-state index contributed by atoms with van der Waals surface area (Å²) in [5.41, 5.74) is 4.44. The molecule has 3 heteroatoms. The Morgan fingerprint density at radius 1 is 1.00 bits per heavy atom. The Morgan fingerprint density at radius 2 is 1.80 bits per heavy atom. The molecule has 0 bridgehead atoms. The lowest BCUT2D eigenvalue weighted by Crippen LogP contribution is -2.19. The van der Waals surface area contributed by atoms with E-state index in [1.165, 1.54) is 17.7 Å². The highest BCUT2D eigenvalue weighted by atomic mass is 35.5. The third-order valence-corrected chi connectivity index (χ3v) is 4.26. The number of fused-ring (bicyclic) bond motifs is 1. The fraction of sp³-hybridized carbons (Fsp3) is 0.294. The van der Waals surface area contributed by atoms with Crippen molar-refractivity contribution in [3.63, 3.8) is 0 Å². The second-order valence-corrected chi connectivity index (χ2v) is 5.54. The first kappa shape index (κ1) is 13.5. The fourth-order valence-corrected chi connectivity index (χ4v) is 3.13. The number of nitrogens with zero attached hydrogens (tertiary/aromatic N) is 1. The van der Waals surface area contributed by atoms with Crippen molar-refractivity contribution >= 4 is 23.0 Å². The standard InChI is InChI=1S/C17H18ClNO/c18-15-8-5-10-17(14(15)12-20)19-11-4-3-7-13-6-1-2-9-16(13)19/h1-2,5-6,8-10,20H,3-4,7,11-12H2. The molecule has 2 nitrogen and oxygen atoms in total. The van der Waals surface area contributed by atoms with Crippen LogP contribution < -0.4 is 4.90 Å². The molecule has 2 aromatic rings. The van der Waals surface area contributed by atoms with Gasteiger partial charge in [-0.05, 0) is 43.0 Å². The molecular formula is C17H18ClNO. The van der Waals surface area contributed by atoms with Crippen LogP contribution in [0.5, 0.6) is 0 Å². The first-order chi connectivity index (χ1) is 9.81. The van der Waals surface area contributed by atoms with Crippen LogP contribution in [0, 0.1) is 0 Å². The molecule has 0 saturated heterocycles. The number of para-hydroxylation sites is 1. The molecule has 2 aromatic carbocycles. The van der Waals surface area contributed by atoms with Gasteiger partial charge < -0.3 is 10.0 Å². The van der Waals surface area contributed by atoms with Gasteiger partial charge in [0, 0.05) is 28.5 Å². The lowest BCUT2D eigenvalue weighted by atomic mass is 10.1. The van der Waals surface area contributed by atoms with Crippen molar-refractivity contribution in [2.75, 3.05) is 11.4 Å². The minimum atomic E-state index is -0.0341. The third-order valence-electron chi connectivity index (χ3n) is 3.90. The molecule has 20 heavy (non-hydrogen) atoms. The van der Waals surface area contributed by atoms with E-state index in [2.05, 4.69) is 29.2 Å². The molecule has 0 saturated carbocycles. The first-order valence-corrected chi connectivity index (χ1v) is 7.43. The van der Waals surface area contributed by atoms with Crippen molar-refractivity contribution in [3.8, 4) is 0 Å². The number of aliphatic hydroxyl groups is 1. The minimum Gasteiger partial charge on any atom is -0.392 e. The molecule has 0 radical (unpaired) electrons. The molecule has 1 N–H and O–H groups in total. The lowest BCUT2D eigenvalue weighted by Gasteiger charge is -2.27. The maximum absolute atomic E-state index is 9.64. The minimum absolute atomic E-state index is 0.0341. The molecule has 0 fully saturated rings. The molecule has 1 aliphatic heterocycles. The molecule has 0 atom stereocenters. The smallest absolute Gasteiger partial charge is 0.0716 e. The van der Waals surface area contributed by atoms with E-state index in [-0.39, 0.29) is 6.61 Å². The zero-order valence-electron chi connectivity index (χ0n) is 11.3. The van der Waals surface area contributed by atoms with Gasteiger partial charge in [0.25, 0.3) is 0 Å². The molecule has 1 heterocycles. The Labute approximate surface area is 124 Å². The number of hydrogen-bond donors (Lipinski definition) is 1. The van der Waals surface area contributed by atoms with Gasteiger partial charge in [-0.15, -0.1) is 0 Å². The largest absolute Gasteiger partial charge is 0.392 e. The van der Waals surface area contributed by atoms with Crippen molar-refractivity contribution in [3.05, 3.63) is 58.6 Å². The van der Waals surface area contributed by atoms with Crippen LogP contribution in [0.1, 0.15) is 24.0 Å². The average molecular weight is 288 g/mol. The normalized spacial score (nSPS) is 14.8. The van der Waals surface area contributed by atoms with E-state index in [9.17, 15) is 5.11 Å². The number of hydrogen-bond acceptors (Lipinski definition) is 2. The molecule has 0 spiro atoms. The predicted molar refractivity (Wildman–Crippen MR) is 83.8 cm³/mol. The topological polar surface area (TPSA) is 23.5 Å². The van der Waals surface area contributed by atoms with Gasteiger partial charge >= 0.3 is 0 Å². The monoisotopic (exact) mass is 287 g/mol. The van der Waals surface area contributed by atoms with Crippen molar-refractivity contribution in [2.45, 2.75) is 25.9 Å². The van der Waals surface area contributed by atoms with E-state index in [1.807, 2.05) is 18.2 Å². The van der Waals surface area contributed by atoms with E-state index >= 15 is 0 Å². The van der Waals surface area contributed by atoms with Crippen molar-refractivity contribution in [2.24, 2.45) is 0 Å². The number of aliphatic hydroxyl groups excluding tert-OH is 1. The lowest BCUT2D eigenvalue weighted by molar-refractivity contribution is 0.282. The summed E-state index contributed by atoms with van der Waals surface area (Å²) in [6, 6.07) is 14.3. The van der Waals surface area contributed by atoms with Crippen LogP contribution in [-0.2, 0) is 13.0 Å². The molecular weight excluding hydrogens is 270 g/mol.